The number of halogens is 1. The van der Waals surface area contributed by atoms with Crippen molar-refractivity contribution in [3.05, 3.63) is 46.8 Å². The van der Waals surface area contributed by atoms with Crippen LogP contribution in [0.1, 0.15) is 12.7 Å². The van der Waals surface area contributed by atoms with E-state index in [1.807, 2.05) is 30.3 Å². The number of nitrogens with one attached hydrogen (secondary N) is 1. The highest BCUT2D eigenvalue weighted by Gasteiger charge is 2.07. The maximum Gasteiger partial charge on any atom is 0.105 e. The van der Waals surface area contributed by atoms with E-state index in [1.54, 1.807) is 6.26 Å². The zero-order valence-corrected chi connectivity index (χ0v) is 11.2. The van der Waals surface area contributed by atoms with Crippen LogP contribution >= 0.6 is 15.9 Å². The normalized spacial score (nSPS) is 12.4. The van der Waals surface area contributed by atoms with Crippen molar-refractivity contribution in [2.75, 3.05) is 11.1 Å². The van der Waals surface area contributed by atoms with Gasteiger partial charge in [0.05, 0.1) is 17.6 Å². The summed E-state index contributed by atoms with van der Waals surface area (Å²) in [6.07, 6.45) is 2.52. The van der Waals surface area contributed by atoms with Crippen molar-refractivity contribution < 1.29 is 4.42 Å². The van der Waals surface area contributed by atoms with Gasteiger partial charge in [-0.25, -0.2) is 0 Å². The molecule has 0 spiro atoms. The lowest BCUT2D eigenvalue weighted by molar-refractivity contribution is 0.498. The van der Waals surface area contributed by atoms with Crippen LogP contribution < -0.4 is 11.1 Å². The molecule has 0 saturated heterocycles. The van der Waals surface area contributed by atoms with Crippen LogP contribution in [0.25, 0.3) is 0 Å². The number of anilines is 2. The maximum absolute atomic E-state index is 5.90. The number of furan rings is 1. The van der Waals surface area contributed by atoms with Crippen LogP contribution in [0.2, 0.25) is 0 Å². The van der Waals surface area contributed by atoms with Gasteiger partial charge in [0.15, 0.2) is 0 Å². The molecule has 90 valence electrons. The van der Waals surface area contributed by atoms with Crippen molar-refractivity contribution in [2.24, 2.45) is 0 Å². The molecule has 1 unspecified atom stereocenters. The molecule has 0 saturated carbocycles. The van der Waals surface area contributed by atoms with Crippen LogP contribution in [-0.2, 0) is 6.42 Å². The van der Waals surface area contributed by atoms with Crippen molar-refractivity contribution in [1.29, 1.82) is 0 Å². The third-order valence-corrected chi connectivity index (χ3v) is 3.00. The molecule has 1 aromatic heterocycles. The predicted molar refractivity (Wildman–Crippen MR) is 74.1 cm³/mol. The Kier molecular flexibility index (Phi) is 3.74. The lowest BCUT2D eigenvalue weighted by Crippen LogP contribution is -2.18. The minimum absolute atomic E-state index is 0.262. The minimum atomic E-state index is 0.262. The maximum atomic E-state index is 5.90. The number of hydrogen-bond acceptors (Lipinski definition) is 3. The first-order valence-electron chi connectivity index (χ1n) is 5.49. The third-order valence-electron chi connectivity index (χ3n) is 2.50. The molecule has 0 aliphatic heterocycles. The molecule has 0 bridgehead atoms. The van der Waals surface area contributed by atoms with E-state index in [0.29, 0.717) is 0 Å². The zero-order chi connectivity index (χ0) is 12.3. The molecule has 17 heavy (non-hydrogen) atoms. The van der Waals surface area contributed by atoms with Crippen molar-refractivity contribution in [3.8, 4) is 0 Å². The van der Waals surface area contributed by atoms with E-state index in [0.717, 1.165) is 28.0 Å². The van der Waals surface area contributed by atoms with Gasteiger partial charge in [0.25, 0.3) is 0 Å². The van der Waals surface area contributed by atoms with Crippen molar-refractivity contribution in [3.63, 3.8) is 0 Å². The number of hydrogen-bond donors (Lipinski definition) is 2. The first-order valence-corrected chi connectivity index (χ1v) is 6.28. The van der Waals surface area contributed by atoms with E-state index < -0.39 is 0 Å². The fourth-order valence-corrected chi connectivity index (χ4v) is 2.06. The number of nitrogen functional groups attached to an aromatic ring is 1. The second-order valence-corrected chi connectivity index (χ2v) is 4.98. The second kappa shape index (κ2) is 5.27. The smallest absolute Gasteiger partial charge is 0.105 e. The summed E-state index contributed by atoms with van der Waals surface area (Å²) >= 11 is 3.43. The summed E-state index contributed by atoms with van der Waals surface area (Å²) in [4.78, 5) is 0. The standard InChI is InChI=1S/C13H15BrN2O/c1-9(7-11-3-2-6-17-11)16-13-8-10(14)4-5-12(13)15/h2-6,8-9,16H,7,15H2,1H3. The first kappa shape index (κ1) is 12.0. The molecule has 1 heterocycles. The summed E-state index contributed by atoms with van der Waals surface area (Å²) in [5.41, 5.74) is 7.60. The first-order chi connectivity index (χ1) is 8.15. The molecule has 1 atom stereocenters. The molecular formula is C13H15BrN2O. The monoisotopic (exact) mass is 294 g/mol. The van der Waals surface area contributed by atoms with E-state index in [1.165, 1.54) is 0 Å². The van der Waals surface area contributed by atoms with Crippen LogP contribution in [-0.4, -0.2) is 6.04 Å². The van der Waals surface area contributed by atoms with Gasteiger partial charge in [-0.1, -0.05) is 15.9 Å². The third kappa shape index (κ3) is 3.27. The Labute approximate surface area is 109 Å². The van der Waals surface area contributed by atoms with E-state index in [9.17, 15) is 0 Å². The van der Waals surface area contributed by atoms with E-state index in [2.05, 4.69) is 28.2 Å². The van der Waals surface area contributed by atoms with Gasteiger partial charge in [0.1, 0.15) is 5.76 Å². The molecule has 1 aromatic carbocycles. The molecule has 3 nitrogen and oxygen atoms in total. The highest BCUT2D eigenvalue weighted by molar-refractivity contribution is 9.10. The quantitative estimate of drug-likeness (QED) is 0.846. The Morgan fingerprint density at radius 1 is 1.41 bits per heavy atom. The van der Waals surface area contributed by atoms with Gasteiger partial charge in [-0.2, -0.15) is 0 Å². The van der Waals surface area contributed by atoms with Crippen LogP contribution in [0.4, 0.5) is 11.4 Å². The number of benzene rings is 1. The van der Waals surface area contributed by atoms with Gasteiger partial charge >= 0.3 is 0 Å². The van der Waals surface area contributed by atoms with Gasteiger partial charge in [0, 0.05) is 16.9 Å². The van der Waals surface area contributed by atoms with Crippen LogP contribution in [0.3, 0.4) is 0 Å². The lowest BCUT2D eigenvalue weighted by atomic mass is 10.1. The second-order valence-electron chi connectivity index (χ2n) is 4.06. The average Bonchev–Trinajstić information content (AvgIpc) is 2.76. The molecule has 0 aliphatic rings. The predicted octanol–water partition coefficient (Wildman–Crippen LogP) is 3.67. The lowest BCUT2D eigenvalue weighted by Gasteiger charge is -2.16. The molecule has 0 radical (unpaired) electrons. The highest BCUT2D eigenvalue weighted by Crippen LogP contribution is 2.24. The van der Waals surface area contributed by atoms with Gasteiger partial charge in [0.2, 0.25) is 0 Å². The Bertz CT molecular complexity index is 482. The SMILES string of the molecule is CC(Cc1ccco1)Nc1cc(Br)ccc1N. The zero-order valence-electron chi connectivity index (χ0n) is 9.61. The molecular weight excluding hydrogens is 280 g/mol. The molecule has 2 rings (SSSR count). The van der Waals surface area contributed by atoms with Crippen LogP contribution in [0.15, 0.2) is 45.5 Å². The largest absolute Gasteiger partial charge is 0.469 e. The van der Waals surface area contributed by atoms with Crippen molar-refractivity contribution in [2.45, 2.75) is 19.4 Å². The van der Waals surface area contributed by atoms with Crippen molar-refractivity contribution in [1.82, 2.24) is 0 Å². The summed E-state index contributed by atoms with van der Waals surface area (Å²) < 4.78 is 6.33. The van der Waals surface area contributed by atoms with Gasteiger partial charge in [-0.15, -0.1) is 0 Å². The van der Waals surface area contributed by atoms with Crippen LogP contribution in [0.5, 0.6) is 0 Å². The highest BCUT2D eigenvalue weighted by atomic mass is 79.9. The van der Waals surface area contributed by atoms with E-state index in [-0.39, 0.29) is 6.04 Å². The topological polar surface area (TPSA) is 51.2 Å². The average molecular weight is 295 g/mol. The summed E-state index contributed by atoms with van der Waals surface area (Å²) in [5, 5.41) is 3.37. The summed E-state index contributed by atoms with van der Waals surface area (Å²) in [5.74, 6) is 0.971. The van der Waals surface area contributed by atoms with Gasteiger partial charge in [-0.3, -0.25) is 0 Å². The molecule has 4 heteroatoms. The van der Waals surface area contributed by atoms with Gasteiger partial charge in [-0.05, 0) is 37.3 Å². The Morgan fingerprint density at radius 3 is 2.94 bits per heavy atom. The van der Waals surface area contributed by atoms with E-state index >= 15 is 0 Å². The summed E-state index contributed by atoms with van der Waals surface area (Å²) in [7, 11) is 0. The molecule has 2 aromatic rings. The molecule has 0 aliphatic carbocycles. The summed E-state index contributed by atoms with van der Waals surface area (Å²) in [6.45, 7) is 2.10. The fourth-order valence-electron chi connectivity index (χ4n) is 1.70. The fraction of sp³-hybridized carbons (Fsp3) is 0.231. The Morgan fingerprint density at radius 2 is 2.24 bits per heavy atom. The minimum Gasteiger partial charge on any atom is -0.469 e. The van der Waals surface area contributed by atoms with E-state index in [4.69, 9.17) is 10.2 Å². The van der Waals surface area contributed by atoms with Crippen molar-refractivity contribution >= 4 is 27.3 Å². The van der Waals surface area contributed by atoms with Gasteiger partial charge < -0.3 is 15.5 Å². The molecule has 0 fully saturated rings. The Balaban J connectivity index is 2.02. The van der Waals surface area contributed by atoms with Crippen LogP contribution in [0, 0.1) is 0 Å². The summed E-state index contributed by atoms with van der Waals surface area (Å²) in [6, 6.07) is 9.92. The number of nitrogens with two attached hydrogens (primary N) is 1. The number of rotatable bonds is 4. The molecule has 0 amide bonds. The Hall–Kier alpha value is -1.42. The molecule has 3 N–H and O–H groups in total.